The lowest BCUT2D eigenvalue weighted by Gasteiger charge is -2.16. The molecule has 6 heteroatoms. The Labute approximate surface area is 182 Å². The number of amides is 2. The topological polar surface area (TPSA) is 76.7 Å². The summed E-state index contributed by atoms with van der Waals surface area (Å²) < 4.78 is 11.0. The van der Waals surface area contributed by atoms with Crippen LogP contribution in [-0.4, -0.2) is 25.0 Å². The van der Waals surface area contributed by atoms with Gasteiger partial charge in [0.2, 0.25) is 0 Å². The number of aryl methyl sites for hydroxylation is 2. The van der Waals surface area contributed by atoms with Crippen molar-refractivity contribution in [2.24, 2.45) is 0 Å². The first-order valence-electron chi connectivity index (χ1n) is 9.96. The van der Waals surface area contributed by atoms with E-state index in [0.29, 0.717) is 22.7 Å². The summed E-state index contributed by atoms with van der Waals surface area (Å²) in [6.07, 6.45) is -0.700. The van der Waals surface area contributed by atoms with Crippen LogP contribution >= 0.6 is 0 Å². The zero-order valence-corrected chi connectivity index (χ0v) is 18.1. The highest BCUT2D eigenvalue weighted by atomic mass is 16.5. The second-order valence-electron chi connectivity index (χ2n) is 7.25. The minimum atomic E-state index is -0.700. The number of nitrogens with one attached hydrogen (secondary N) is 2. The Morgan fingerprint density at radius 2 is 1.58 bits per heavy atom. The van der Waals surface area contributed by atoms with Gasteiger partial charge in [-0.25, -0.2) is 0 Å². The predicted molar refractivity (Wildman–Crippen MR) is 122 cm³/mol. The standard InChI is InChI=1S/C25H26N2O4/c1-16-9-14-21(17(2)15-16)26-24(28)18(3)31-20-12-10-19(11-13-20)25(29)27-22-7-5-6-8-23(22)30-4/h5-15,18H,1-4H3,(H,26,28)(H,27,29)/t18-/m0/s1. The van der Waals surface area contributed by atoms with Crippen molar-refractivity contribution in [1.82, 2.24) is 0 Å². The molecule has 0 radical (unpaired) electrons. The van der Waals surface area contributed by atoms with Crippen molar-refractivity contribution in [3.63, 3.8) is 0 Å². The molecule has 0 fully saturated rings. The molecule has 3 aromatic rings. The van der Waals surface area contributed by atoms with E-state index in [1.54, 1.807) is 50.4 Å². The summed E-state index contributed by atoms with van der Waals surface area (Å²) >= 11 is 0. The SMILES string of the molecule is COc1ccccc1NC(=O)c1ccc(O[C@@H](C)C(=O)Nc2ccc(C)cc2C)cc1. The predicted octanol–water partition coefficient (Wildman–Crippen LogP) is 4.97. The summed E-state index contributed by atoms with van der Waals surface area (Å²) in [5, 5.41) is 5.71. The highest BCUT2D eigenvalue weighted by Gasteiger charge is 2.16. The first kappa shape index (κ1) is 21.9. The van der Waals surface area contributed by atoms with Crippen LogP contribution in [-0.2, 0) is 4.79 Å². The highest BCUT2D eigenvalue weighted by Crippen LogP contribution is 2.24. The first-order chi connectivity index (χ1) is 14.9. The molecule has 0 aromatic heterocycles. The number of carbonyl (C=O) groups is 2. The fraction of sp³-hybridized carbons (Fsp3) is 0.200. The number of carbonyl (C=O) groups excluding carboxylic acids is 2. The molecule has 2 N–H and O–H groups in total. The van der Waals surface area contributed by atoms with Gasteiger partial charge in [0.05, 0.1) is 12.8 Å². The van der Waals surface area contributed by atoms with E-state index in [2.05, 4.69) is 10.6 Å². The van der Waals surface area contributed by atoms with E-state index in [9.17, 15) is 9.59 Å². The third-order valence-corrected chi connectivity index (χ3v) is 4.79. The zero-order chi connectivity index (χ0) is 22.4. The first-order valence-corrected chi connectivity index (χ1v) is 9.96. The Morgan fingerprint density at radius 3 is 2.26 bits per heavy atom. The average Bonchev–Trinajstić information content (AvgIpc) is 2.76. The van der Waals surface area contributed by atoms with Crippen molar-refractivity contribution >= 4 is 23.2 Å². The second-order valence-corrected chi connectivity index (χ2v) is 7.25. The molecule has 0 bridgehead atoms. The van der Waals surface area contributed by atoms with Crippen LogP contribution < -0.4 is 20.1 Å². The van der Waals surface area contributed by atoms with Crippen molar-refractivity contribution < 1.29 is 19.1 Å². The van der Waals surface area contributed by atoms with Gasteiger partial charge in [-0.1, -0.05) is 29.8 Å². The third kappa shape index (κ3) is 5.63. The Kier molecular flexibility index (Phi) is 6.92. The van der Waals surface area contributed by atoms with Gasteiger partial charge >= 0.3 is 0 Å². The Hall–Kier alpha value is -3.80. The Bertz CT molecular complexity index is 1080. The smallest absolute Gasteiger partial charge is 0.265 e. The minimum Gasteiger partial charge on any atom is -0.495 e. The molecule has 0 saturated heterocycles. The van der Waals surface area contributed by atoms with Crippen LogP contribution in [0.1, 0.15) is 28.4 Å². The number of para-hydroxylation sites is 2. The summed E-state index contributed by atoms with van der Waals surface area (Å²) in [5.41, 5.74) is 3.94. The molecule has 160 valence electrons. The van der Waals surface area contributed by atoms with E-state index in [1.165, 1.54) is 0 Å². The molecular weight excluding hydrogens is 392 g/mol. The van der Waals surface area contributed by atoms with Crippen molar-refractivity contribution in [1.29, 1.82) is 0 Å². The van der Waals surface area contributed by atoms with E-state index >= 15 is 0 Å². The lowest BCUT2D eigenvalue weighted by Crippen LogP contribution is -2.30. The summed E-state index contributed by atoms with van der Waals surface area (Å²) in [6.45, 7) is 5.63. The molecule has 0 aliphatic carbocycles. The number of hydrogen-bond donors (Lipinski definition) is 2. The Morgan fingerprint density at radius 1 is 0.871 bits per heavy atom. The molecule has 2 amide bonds. The molecule has 0 spiro atoms. The monoisotopic (exact) mass is 418 g/mol. The molecular formula is C25H26N2O4. The van der Waals surface area contributed by atoms with Gasteiger partial charge in [-0.05, 0) is 68.8 Å². The molecule has 0 unspecified atom stereocenters. The lowest BCUT2D eigenvalue weighted by molar-refractivity contribution is -0.122. The molecule has 0 aliphatic heterocycles. The van der Waals surface area contributed by atoms with E-state index in [-0.39, 0.29) is 11.8 Å². The lowest BCUT2D eigenvalue weighted by atomic mass is 10.1. The largest absolute Gasteiger partial charge is 0.495 e. The van der Waals surface area contributed by atoms with Crippen molar-refractivity contribution in [2.75, 3.05) is 17.7 Å². The molecule has 0 heterocycles. The number of methoxy groups -OCH3 is 1. The molecule has 3 aromatic carbocycles. The molecule has 31 heavy (non-hydrogen) atoms. The maximum absolute atomic E-state index is 12.5. The van der Waals surface area contributed by atoms with Crippen LogP contribution in [0, 0.1) is 13.8 Å². The molecule has 0 aliphatic rings. The van der Waals surface area contributed by atoms with Gasteiger partial charge in [-0.15, -0.1) is 0 Å². The average molecular weight is 418 g/mol. The van der Waals surface area contributed by atoms with Gasteiger partial charge in [0.25, 0.3) is 11.8 Å². The van der Waals surface area contributed by atoms with Gasteiger partial charge in [-0.2, -0.15) is 0 Å². The Balaban J connectivity index is 1.60. The van der Waals surface area contributed by atoms with Crippen LogP contribution in [0.25, 0.3) is 0 Å². The number of anilines is 2. The number of hydrogen-bond acceptors (Lipinski definition) is 4. The van der Waals surface area contributed by atoms with Gasteiger partial charge in [-0.3, -0.25) is 9.59 Å². The van der Waals surface area contributed by atoms with E-state index in [0.717, 1.165) is 16.8 Å². The van der Waals surface area contributed by atoms with E-state index < -0.39 is 6.10 Å². The minimum absolute atomic E-state index is 0.245. The van der Waals surface area contributed by atoms with Crippen LogP contribution in [0.2, 0.25) is 0 Å². The normalized spacial score (nSPS) is 11.4. The maximum atomic E-state index is 12.5. The third-order valence-electron chi connectivity index (χ3n) is 4.79. The quantitative estimate of drug-likeness (QED) is 0.568. The fourth-order valence-corrected chi connectivity index (χ4v) is 3.07. The van der Waals surface area contributed by atoms with E-state index in [1.807, 2.05) is 44.2 Å². The summed E-state index contributed by atoms with van der Waals surface area (Å²) in [5.74, 6) is 0.568. The summed E-state index contributed by atoms with van der Waals surface area (Å²) in [4.78, 5) is 25.0. The highest BCUT2D eigenvalue weighted by molar-refractivity contribution is 6.05. The van der Waals surface area contributed by atoms with Crippen molar-refractivity contribution in [2.45, 2.75) is 26.9 Å². The van der Waals surface area contributed by atoms with Crippen molar-refractivity contribution in [3.8, 4) is 11.5 Å². The van der Waals surface area contributed by atoms with Crippen LogP contribution in [0.3, 0.4) is 0 Å². The second kappa shape index (κ2) is 9.80. The number of ether oxygens (including phenoxy) is 2. The molecule has 1 atom stereocenters. The van der Waals surface area contributed by atoms with Gasteiger partial charge < -0.3 is 20.1 Å². The number of rotatable bonds is 7. The van der Waals surface area contributed by atoms with Crippen LogP contribution in [0.5, 0.6) is 11.5 Å². The van der Waals surface area contributed by atoms with Crippen molar-refractivity contribution in [3.05, 3.63) is 83.4 Å². The molecule has 6 nitrogen and oxygen atoms in total. The van der Waals surface area contributed by atoms with Crippen LogP contribution in [0.4, 0.5) is 11.4 Å². The van der Waals surface area contributed by atoms with Gasteiger partial charge in [0.1, 0.15) is 11.5 Å². The maximum Gasteiger partial charge on any atom is 0.265 e. The number of benzene rings is 3. The molecule has 3 rings (SSSR count). The van der Waals surface area contributed by atoms with Gasteiger partial charge in [0.15, 0.2) is 6.10 Å². The van der Waals surface area contributed by atoms with Gasteiger partial charge in [0, 0.05) is 11.3 Å². The zero-order valence-electron chi connectivity index (χ0n) is 18.1. The fourth-order valence-electron chi connectivity index (χ4n) is 3.07. The van der Waals surface area contributed by atoms with E-state index in [4.69, 9.17) is 9.47 Å². The molecule has 0 saturated carbocycles. The summed E-state index contributed by atoms with van der Waals surface area (Å²) in [6, 6.07) is 19.7. The summed E-state index contributed by atoms with van der Waals surface area (Å²) in [7, 11) is 1.55. The van der Waals surface area contributed by atoms with Crippen LogP contribution in [0.15, 0.2) is 66.7 Å².